The minimum absolute atomic E-state index is 0.424. The molecule has 0 aromatic heterocycles. The van der Waals surface area contributed by atoms with Crippen LogP contribution in [-0.2, 0) is 10.2 Å². The predicted octanol–water partition coefficient (Wildman–Crippen LogP) is -1.59. The molecule has 0 amide bonds. The van der Waals surface area contributed by atoms with E-state index in [1.807, 2.05) is 0 Å². The second-order valence-electron chi connectivity index (χ2n) is 4.68. The lowest BCUT2D eigenvalue weighted by atomic mass is 10.1. The molecule has 0 radical (unpaired) electrons. The van der Waals surface area contributed by atoms with E-state index >= 15 is 0 Å². The van der Waals surface area contributed by atoms with Gasteiger partial charge in [0.05, 0.1) is 19.8 Å². The highest BCUT2D eigenvalue weighted by Crippen LogP contribution is 2.14. The maximum Gasteiger partial charge on any atom is 0.280 e. The van der Waals surface area contributed by atoms with Gasteiger partial charge in [0.25, 0.3) is 10.2 Å². The Bertz CT molecular complexity index is 326. The van der Waals surface area contributed by atoms with E-state index in [4.69, 9.17) is 15.3 Å². The molecule has 1 saturated heterocycles. The molecule has 1 aliphatic rings. The van der Waals surface area contributed by atoms with Crippen molar-refractivity contribution in [2.75, 3.05) is 32.9 Å². The molecule has 0 aliphatic carbocycles. The van der Waals surface area contributed by atoms with Crippen LogP contribution in [0.2, 0.25) is 0 Å². The predicted molar refractivity (Wildman–Crippen MR) is 66.1 cm³/mol. The van der Waals surface area contributed by atoms with Gasteiger partial charge in [0.2, 0.25) is 0 Å². The average molecular weight is 282 g/mol. The monoisotopic (exact) mass is 282 g/mol. The van der Waals surface area contributed by atoms with Crippen LogP contribution >= 0.6 is 0 Å². The Morgan fingerprint density at radius 1 is 0.944 bits per heavy atom. The summed E-state index contributed by atoms with van der Waals surface area (Å²) < 4.78 is 27.7. The molecular formula is C10H22N2O5S. The Morgan fingerprint density at radius 3 is 1.78 bits per heavy atom. The number of hydrogen-bond donors (Lipinski definition) is 4. The quantitative estimate of drug-likeness (QED) is 0.470. The van der Waals surface area contributed by atoms with E-state index in [-0.39, 0.29) is 0 Å². The smallest absolute Gasteiger partial charge is 0.280 e. The summed E-state index contributed by atoms with van der Waals surface area (Å²) in [7, 11) is -3.80. The maximum atomic E-state index is 12.1. The molecule has 7 nitrogen and oxygen atoms in total. The van der Waals surface area contributed by atoms with Gasteiger partial charge < -0.3 is 15.3 Å². The summed E-state index contributed by atoms with van der Waals surface area (Å²) in [6, 6.07) is 0. The zero-order valence-electron chi connectivity index (χ0n) is 10.4. The van der Waals surface area contributed by atoms with Gasteiger partial charge in [0.1, 0.15) is 5.54 Å². The van der Waals surface area contributed by atoms with Gasteiger partial charge >= 0.3 is 0 Å². The van der Waals surface area contributed by atoms with Gasteiger partial charge in [-0.25, -0.2) is 0 Å². The summed E-state index contributed by atoms with van der Waals surface area (Å²) in [5, 5.41) is 27.4. The summed E-state index contributed by atoms with van der Waals surface area (Å²) in [6.07, 6.45) is 3.59. The van der Waals surface area contributed by atoms with Gasteiger partial charge in [-0.1, -0.05) is 12.8 Å². The van der Waals surface area contributed by atoms with Crippen molar-refractivity contribution in [2.45, 2.75) is 31.2 Å². The van der Waals surface area contributed by atoms with Crippen molar-refractivity contribution in [3.8, 4) is 0 Å². The van der Waals surface area contributed by atoms with Crippen LogP contribution in [0.1, 0.15) is 25.7 Å². The zero-order chi connectivity index (χ0) is 13.6. The largest absolute Gasteiger partial charge is 0.394 e. The molecular weight excluding hydrogens is 260 g/mol. The Morgan fingerprint density at radius 2 is 1.39 bits per heavy atom. The van der Waals surface area contributed by atoms with E-state index in [1.54, 1.807) is 0 Å². The van der Waals surface area contributed by atoms with Crippen molar-refractivity contribution >= 4 is 10.2 Å². The van der Waals surface area contributed by atoms with E-state index in [1.165, 1.54) is 4.31 Å². The van der Waals surface area contributed by atoms with Crippen LogP contribution in [0.15, 0.2) is 0 Å². The van der Waals surface area contributed by atoms with Crippen LogP contribution in [-0.4, -0.2) is 66.5 Å². The van der Waals surface area contributed by atoms with Crippen LogP contribution in [0.25, 0.3) is 0 Å². The lowest BCUT2D eigenvalue weighted by Crippen LogP contribution is -2.60. The lowest BCUT2D eigenvalue weighted by molar-refractivity contribution is 0.0569. The molecule has 1 aliphatic heterocycles. The third kappa shape index (κ3) is 3.87. The Hall–Kier alpha value is -0.250. The fourth-order valence-corrected chi connectivity index (χ4v) is 3.48. The van der Waals surface area contributed by atoms with Gasteiger partial charge in [0, 0.05) is 13.1 Å². The first-order valence-corrected chi connectivity index (χ1v) is 7.55. The Kier molecular flexibility index (Phi) is 5.96. The van der Waals surface area contributed by atoms with Gasteiger partial charge in [-0.2, -0.15) is 17.4 Å². The van der Waals surface area contributed by atoms with Crippen LogP contribution in [0.3, 0.4) is 0 Å². The topological polar surface area (TPSA) is 110 Å². The molecule has 1 rings (SSSR count). The van der Waals surface area contributed by atoms with Crippen molar-refractivity contribution in [3.63, 3.8) is 0 Å². The van der Waals surface area contributed by atoms with E-state index in [2.05, 4.69) is 4.72 Å². The molecule has 0 aromatic carbocycles. The third-order valence-electron chi connectivity index (χ3n) is 3.16. The SMILES string of the molecule is O=S(=O)(NC(CO)(CO)CO)N1CCCCCC1. The molecule has 108 valence electrons. The summed E-state index contributed by atoms with van der Waals surface area (Å²) in [5.74, 6) is 0. The first-order chi connectivity index (χ1) is 8.49. The Labute approximate surface area is 108 Å². The van der Waals surface area contributed by atoms with Crippen LogP contribution < -0.4 is 4.72 Å². The molecule has 4 N–H and O–H groups in total. The summed E-state index contributed by atoms with van der Waals surface area (Å²) in [6.45, 7) is -1.13. The number of hydrogen-bond acceptors (Lipinski definition) is 5. The number of aliphatic hydroxyl groups is 3. The normalized spacial score (nSPS) is 19.7. The van der Waals surface area contributed by atoms with Crippen LogP contribution in [0.4, 0.5) is 0 Å². The molecule has 1 heterocycles. The molecule has 18 heavy (non-hydrogen) atoms. The minimum Gasteiger partial charge on any atom is -0.394 e. The second kappa shape index (κ2) is 6.78. The fraction of sp³-hybridized carbons (Fsp3) is 1.00. The maximum absolute atomic E-state index is 12.1. The van der Waals surface area contributed by atoms with Crippen molar-refractivity contribution in [2.24, 2.45) is 0 Å². The van der Waals surface area contributed by atoms with Gasteiger partial charge in [0.15, 0.2) is 0 Å². The molecule has 1 fully saturated rings. The zero-order valence-corrected chi connectivity index (χ0v) is 11.2. The van der Waals surface area contributed by atoms with E-state index < -0.39 is 35.6 Å². The van der Waals surface area contributed by atoms with Gasteiger partial charge in [-0.05, 0) is 12.8 Å². The molecule has 0 unspecified atom stereocenters. The van der Waals surface area contributed by atoms with E-state index in [0.717, 1.165) is 25.7 Å². The number of rotatable bonds is 6. The highest BCUT2D eigenvalue weighted by molar-refractivity contribution is 7.87. The first kappa shape index (κ1) is 15.8. The average Bonchev–Trinajstić information content (AvgIpc) is 2.65. The lowest BCUT2D eigenvalue weighted by Gasteiger charge is -2.31. The molecule has 0 atom stereocenters. The molecule has 0 bridgehead atoms. The summed E-state index contributed by atoms with van der Waals surface area (Å²) in [4.78, 5) is 0. The fourth-order valence-electron chi connectivity index (χ4n) is 1.87. The molecule has 8 heteroatoms. The number of nitrogens with zero attached hydrogens (tertiary/aromatic N) is 1. The van der Waals surface area contributed by atoms with E-state index in [9.17, 15) is 8.42 Å². The minimum atomic E-state index is -3.80. The summed E-state index contributed by atoms with van der Waals surface area (Å²) in [5.41, 5.74) is -1.61. The highest BCUT2D eigenvalue weighted by Gasteiger charge is 2.36. The standard InChI is InChI=1S/C10H22N2O5S/c13-7-10(8-14,9-15)11-18(16,17)12-5-3-1-2-4-6-12/h11,13-15H,1-9H2. The van der Waals surface area contributed by atoms with Crippen molar-refractivity contribution < 1.29 is 23.7 Å². The first-order valence-electron chi connectivity index (χ1n) is 6.11. The molecule has 0 aromatic rings. The molecule has 0 saturated carbocycles. The van der Waals surface area contributed by atoms with Gasteiger partial charge in [-0.3, -0.25) is 0 Å². The van der Waals surface area contributed by atoms with Gasteiger partial charge in [-0.15, -0.1) is 0 Å². The van der Waals surface area contributed by atoms with Crippen molar-refractivity contribution in [3.05, 3.63) is 0 Å². The third-order valence-corrected chi connectivity index (χ3v) is 4.89. The van der Waals surface area contributed by atoms with Crippen LogP contribution in [0.5, 0.6) is 0 Å². The van der Waals surface area contributed by atoms with Crippen molar-refractivity contribution in [1.29, 1.82) is 0 Å². The number of aliphatic hydroxyl groups excluding tert-OH is 3. The van der Waals surface area contributed by atoms with Crippen molar-refractivity contribution in [1.82, 2.24) is 9.03 Å². The van der Waals surface area contributed by atoms with E-state index in [0.29, 0.717) is 13.1 Å². The second-order valence-corrected chi connectivity index (χ2v) is 6.35. The Balaban J connectivity index is 2.78. The summed E-state index contributed by atoms with van der Waals surface area (Å²) >= 11 is 0. The molecule has 0 spiro atoms. The van der Waals surface area contributed by atoms with Crippen LogP contribution in [0, 0.1) is 0 Å². The number of nitrogens with one attached hydrogen (secondary N) is 1. The highest BCUT2D eigenvalue weighted by atomic mass is 32.2.